The van der Waals surface area contributed by atoms with E-state index in [-0.39, 0.29) is 12.3 Å². The number of sulfone groups is 2. The molecular formula is C9H10F6N2O8S3. The molecule has 19 heteroatoms. The third-order valence-electron chi connectivity index (χ3n) is 2.98. The van der Waals surface area contributed by atoms with Crippen molar-refractivity contribution in [3.05, 3.63) is 0 Å². The van der Waals surface area contributed by atoms with E-state index in [1.165, 1.54) is 0 Å². The van der Waals surface area contributed by atoms with Crippen molar-refractivity contribution < 1.29 is 61.5 Å². The number of carbonyl (C=O) groups is 1. The molecule has 0 radical (unpaired) electrons. The molecule has 0 fully saturated rings. The van der Waals surface area contributed by atoms with Crippen molar-refractivity contribution in [1.82, 2.24) is 4.31 Å². The second-order valence-electron chi connectivity index (χ2n) is 4.90. The minimum absolute atomic E-state index is 0.162. The average molecular weight is 484 g/mol. The number of hydrogen-bond acceptors (Lipinski definition) is 8. The van der Waals surface area contributed by atoms with Gasteiger partial charge in [-0.3, -0.25) is 0 Å². The van der Waals surface area contributed by atoms with Gasteiger partial charge in [0.2, 0.25) is 0 Å². The summed E-state index contributed by atoms with van der Waals surface area (Å²) in [5, 5.41) is 2.70. The summed E-state index contributed by atoms with van der Waals surface area (Å²) in [4.78, 5) is 10.6. The second kappa shape index (κ2) is 7.22. The van der Waals surface area contributed by atoms with Crippen LogP contribution in [0.15, 0.2) is 0 Å². The Labute approximate surface area is 154 Å². The van der Waals surface area contributed by atoms with Gasteiger partial charge in [0, 0.05) is 12.8 Å². The van der Waals surface area contributed by atoms with Crippen LogP contribution in [0.1, 0.15) is 6.92 Å². The molecule has 1 N–H and O–H groups in total. The number of hydrogen-bond donors (Lipinski definition) is 1. The van der Waals surface area contributed by atoms with Crippen LogP contribution in [0, 0.1) is 11.3 Å². The first-order valence-electron chi connectivity index (χ1n) is 6.29. The SMILES string of the molecule is CCN(C(=O)O)S(=O)(=O)C(F)(F)C(F)(F)C(F)(F)S(=O)(=O)C(C#N)S(C)(=O)=O. The number of nitrogens with zero attached hydrogens (tertiary/aromatic N) is 2. The zero-order valence-electron chi connectivity index (χ0n) is 13.5. The second-order valence-corrected chi connectivity index (χ2v) is 11.3. The lowest BCUT2D eigenvalue weighted by atomic mass is 10.3. The Balaban J connectivity index is 6.89. The minimum Gasteiger partial charge on any atom is -0.464 e. The van der Waals surface area contributed by atoms with Crippen molar-refractivity contribution >= 4 is 35.8 Å². The summed E-state index contributed by atoms with van der Waals surface area (Å²) in [6, 6.07) is 0.215. The minimum atomic E-state index is -7.39. The van der Waals surface area contributed by atoms with E-state index in [1.807, 2.05) is 0 Å². The molecule has 0 aromatic carbocycles. The number of carboxylic acid groups (broad SMARTS) is 1. The zero-order valence-corrected chi connectivity index (χ0v) is 15.9. The van der Waals surface area contributed by atoms with E-state index in [9.17, 15) is 56.4 Å². The molecule has 164 valence electrons. The molecule has 0 bridgehead atoms. The predicted octanol–water partition coefficient (Wildman–Crippen LogP) is 0.446. The summed E-state index contributed by atoms with van der Waals surface area (Å²) in [6.45, 7) is -0.907. The third-order valence-corrected chi connectivity index (χ3v) is 9.21. The van der Waals surface area contributed by atoms with E-state index in [0.717, 1.165) is 0 Å². The first kappa shape index (κ1) is 26.2. The molecule has 0 saturated heterocycles. The van der Waals surface area contributed by atoms with Gasteiger partial charge in [-0.2, -0.15) is 44.3 Å². The Morgan fingerprint density at radius 1 is 1.04 bits per heavy atom. The number of sulfonamides is 1. The van der Waals surface area contributed by atoms with Gasteiger partial charge in [0.25, 0.3) is 14.4 Å². The molecule has 0 heterocycles. The Morgan fingerprint density at radius 2 is 1.43 bits per heavy atom. The van der Waals surface area contributed by atoms with E-state index in [4.69, 9.17) is 10.4 Å². The molecule has 1 amide bonds. The summed E-state index contributed by atoms with van der Waals surface area (Å²) < 4.78 is 146. The average Bonchev–Trinajstić information content (AvgIpc) is 2.44. The molecule has 0 spiro atoms. The van der Waals surface area contributed by atoms with Gasteiger partial charge in [-0.15, -0.1) is 0 Å². The van der Waals surface area contributed by atoms with Gasteiger partial charge in [0.05, 0.1) is 6.07 Å². The smallest absolute Gasteiger partial charge is 0.433 e. The number of halogens is 6. The van der Waals surface area contributed by atoms with Crippen LogP contribution in [0.2, 0.25) is 0 Å². The maximum Gasteiger partial charge on any atom is 0.433 e. The van der Waals surface area contributed by atoms with Crippen LogP contribution in [-0.4, -0.2) is 74.6 Å². The molecule has 1 unspecified atom stereocenters. The van der Waals surface area contributed by atoms with Crippen LogP contribution in [0.4, 0.5) is 31.1 Å². The predicted molar refractivity (Wildman–Crippen MR) is 77.3 cm³/mol. The molecular weight excluding hydrogens is 474 g/mol. The standard InChI is InChI=1S/C9H10F6N2O8S3/c1-3-17(6(18)19)28(24,25)9(14,15)7(10,11)8(12,13)27(22,23)5(4-16)26(2,20)21/h5H,3H2,1-2H3,(H,18,19). The van der Waals surface area contributed by atoms with Crippen LogP contribution < -0.4 is 0 Å². The molecule has 0 aromatic heterocycles. The molecule has 0 aliphatic heterocycles. The van der Waals surface area contributed by atoms with Crippen LogP contribution >= 0.6 is 0 Å². The van der Waals surface area contributed by atoms with Gasteiger partial charge in [-0.05, 0) is 6.92 Å². The molecule has 0 rings (SSSR count). The van der Waals surface area contributed by atoms with Gasteiger partial charge in [-0.25, -0.2) is 21.6 Å². The lowest BCUT2D eigenvalue weighted by molar-refractivity contribution is -0.244. The lowest BCUT2D eigenvalue weighted by Crippen LogP contribution is -2.65. The van der Waals surface area contributed by atoms with Crippen molar-refractivity contribution in [3.63, 3.8) is 0 Å². The zero-order chi connectivity index (χ0) is 23.1. The lowest BCUT2D eigenvalue weighted by Gasteiger charge is -2.34. The van der Waals surface area contributed by atoms with Gasteiger partial charge in [0.15, 0.2) is 9.84 Å². The number of nitriles is 1. The van der Waals surface area contributed by atoms with Crippen LogP contribution in [-0.2, 0) is 29.7 Å². The molecule has 0 saturated carbocycles. The fourth-order valence-electron chi connectivity index (χ4n) is 1.59. The third kappa shape index (κ3) is 3.59. The van der Waals surface area contributed by atoms with Crippen LogP contribution in [0.5, 0.6) is 0 Å². The Hall–Kier alpha value is -1.81. The summed E-state index contributed by atoms with van der Waals surface area (Å²) in [7, 11) is -19.8. The Bertz CT molecular complexity index is 999. The monoisotopic (exact) mass is 484 g/mol. The van der Waals surface area contributed by atoms with E-state index in [0.29, 0.717) is 6.92 Å². The van der Waals surface area contributed by atoms with Crippen LogP contribution in [0.25, 0.3) is 0 Å². The van der Waals surface area contributed by atoms with E-state index in [2.05, 4.69) is 0 Å². The molecule has 0 aliphatic rings. The largest absolute Gasteiger partial charge is 0.464 e. The first-order valence-corrected chi connectivity index (χ1v) is 11.2. The molecule has 28 heavy (non-hydrogen) atoms. The number of alkyl halides is 6. The van der Waals surface area contributed by atoms with Gasteiger partial charge < -0.3 is 5.11 Å². The highest BCUT2D eigenvalue weighted by molar-refractivity contribution is 8.09. The van der Waals surface area contributed by atoms with Crippen molar-refractivity contribution in [2.75, 3.05) is 12.8 Å². The summed E-state index contributed by atoms with van der Waals surface area (Å²) in [5.74, 6) is -7.39. The molecule has 1 atom stereocenters. The van der Waals surface area contributed by atoms with Crippen molar-refractivity contribution in [2.24, 2.45) is 0 Å². The maximum absolute atomic E-state index is 13.9. The summed E-state index contributed by atoms with van der Waals surface area (Å²) in [6.07, 6.45) is -2.94. The quantitative estimate of drug-likeness (QED) is 0.481. The van der Waals surface area contributed by atoms with Crippen molar-refractivity contribution in [1.29, 1.82) is 5.26 Å². The topological polar surface area (TPSA) is 167 Å². The van der Waals surface area contributed by atoms with Crippen LogP contribution in [0.3, 0.4) is 0 Å². The van der Waals surface area contributed by atoms with E-state index >= 15 is 0 Å². The van der Waals surface area contributed by atoms with Gasteiger partial charge in [-0.1, -0.05) is 0 Å². The molecule has 10 nitrogen and oxygen atoms in total. The fraction of sp³-hybridized carbons (Fsp3) is 0.778. The highest BCUT2D eigenvalue weighted by atomic mass is 32.3. The maximum atomic E-state index is 13.9. The fourth-order valence-corrected chi connectivity index (χ4v) is 6.21. The summed E-state index contributed by atoms with van der Waals surface area (Å²) >= 11 is 0. The Morgan fingerprint density at radius 3 is 1.68 bits per heavy atom. The summed E-state index contributed by atoms with van der Waals surface area (Å²) in [5.41, 5.74) is 0. The normalized spacial score (nSPS) is 15.5. The van der Waals surface area contributed by atoms with E-state index < -0.39 is 67.7 Å². The molecule has 0 aromatic rings. The number of rotatable bonds is 8. The Kier molecular flexibility index (Phi) is 6.75. The molecule has 0 aliphatic carbocycles. The number of amides is 1. The highest BCUT2D eigenvalue weighted by Gasteiger charge is 2.84. The van der Waals surface area contributed by atoms with Gasteiger partial charge >= 0.3 is 32.5 Å². The van der Waals surface area contributed by atoms with E-state index in [1.54, 1.807) is 0 Å². The van der Waals surface area contributed by atoms with Crippen molar-refractivity contribution in [3.8, 4) is 6.07 Å². The highest BCUT2D eigenvalue weighted by Crippen LogP contribution is 2.52. The van der Waals surface area contributed by atoms with Gasteiger partial charge in [0.1, 0.15) is 0 Å². The van der Waals surface area contributed by atoms with Crippen molar-refractivity contribution in [2.45, 2.75) is 27.9 Å². The first-order chi connectivity index (χ1) is 12.1.